The average Bonchev–Trinajstić information content (AvgIpc) is 2.15. The van der Waals surface area contributed by atoms with Crippen LogP contribution in [-0.2, 0) is 11.2 Å². The highest BCUT2D eigenvalue weighted by Gasteiger charge is 2.38. The summed E-state index contributed by atoms with van der Waals surface area (Å²) in [5.74, 6) is 0. The summed E-state index contributed by atoms with van der Waals surface area (Å²) in [7, 11) is 1.69. The first-order chi connectivity index (χ1) is 7.17. The molecule has 1 saturated heterocycles. The second-order valence-electron chi connectivity index (χ2n) is 3.60. The number of aromatic nitrogens is 2. The van der Waals surface area contributed by atoms with Gasteiger partial charge >= 0.3 is 0 Å². The van der Waals surface area contributed by atoms with E-state index in [0.717, 1.165) is 18.7 Å². The molecule has 0 aliphatic carbocycles. The Balaban J connectivity index is 2.23. The van der Waals surface area contributed by atoms with Crippen LogP contribution in [0.1, 0.15) is 5.56 Å². The van der Waals surface area contributed by atoms with E-state index in [-0.39, 0.29) is 5.60 Å². The van der Waals surface area contributed by atoms with Crippen LogP contribution < -0.4 is 5.32 Å². The van der Waals surface area contributed by atoms with Gasteiger partial charge in [-0.2, -0.15) is 0 Å². The summed E-state index contributed by atoms with van der Waals surface area (Å²) in [6.45, 7) is 1.59. The number of rotatable bonds is 3. The van der Waals surface area contributed by atoms with E-state index in [1.807, 2.05) is 0 Å². The predicted molar refractivity (Wildman–Crippen MR) is 58.4 cm³/mol. The molecule has 0 aromatic carbocycles. The Hall–Kier alpha value is -0.420. The van der Waals surface area contributed by atoms with E-state index in [4.69, 9.17) is 27.9 Å². The van der Waals surface area contributed by atoms with Crippen LogP contribution in [0.3, 0.4) is 0 Å². The Morgan fingerprint density at radius 2 is 2.00 bits per heavy atom. The van der Waals surface area contributed by atoms with Crippen molar-refractivity contribution in [1.82, 2.24) is 15.3 Å². The molecule has 82 valence electrons. The summed E-state index contributed by atoms with van der Waals surface area (Å²) in [5, 5.41) is 3.96. The second kappa shape index (κ2) is 4.22. The van der Waals surface area contributed by atoms with Gasteiger partial charge in [-0.3, -0.25) is 0 Å². The maximum atomic E-state index is 5.96. The van der Waals surface area contributed by atoms with E-state index in [1.54, 1.807) is 7.11 Å². The summed E-state index contributed by atoms with van der Waals surface area (Å²) in [4.78, 5) is 7.82. The van der Waals surface area contributed by atoms with Gasteiger partial charge in [-0.25, -0.2) is 9.97 Å². The fourth-order valence-corrected chi connectivity index (χ4v) is 2.03. The number of nitrogens with zero attached hydrogens (tertiary/aromatic N) is 2. The number of ether oxygens (including phenoxy) is 1. The first-order valence-electron chi connectivity index (χ1n) is 4.58. The predicted octanol–water partition coefficient (Wildman–Crippen LogP) is 1.31. The Labute approximate surface area is 98.0 Å². The molecule has 0 radical (unpaired) electrons. The molecule has 0 spiro atoms. The highest BCUT2D eigenvalue weighted by Crippen LogP contribution is 2.28. The minimum Gasteiger partial charge on any atom is -0.375 e. The van der Waals surface area contributed by atoms with Crippen LogP contribution in [0.4, 0.5) is 0 Å². The van der Waals surface area contributed by atoms with Crippen LogP contribution in [0.2, 0.25) is 10.3 Å². The number of hydrogen-bond donors (Lipinski definition) is 1. The third-order valence-electron chi connectivity index (χ3n) is 2.67. The van der Waals surface area contributed by atoms with Gasteiger partial charge in [-0.1, -0.05) is 23.2 Å². The first-order valence-corrected chi connectivity index (χ1v) is 5.33. The van der Waals surface area contributed by atoms with Gasteiger partial charge in [0, 0.05) is 32.2 Å². The summed E-state index contributed by atoms with van der Waals surface area (Å²) < 4.78 is 5.45. The fourth-order valence-electron chi connectivity index (χ4n) is 1.58. The quantitative estimate of drug-likeness (QED) is 0.819. The molecule has 2 heterocycles. The van der Waals surface area contributed by atoms with Crippen molar-refractivity contribution < 1.29 is 4.74 Å². The summed E-state index contributed by atoms with van der Waals surface area (Å²) in [6.07, 6.45) is 1.99. The molecule has 1 aliphatic rings. The standard InChI is InChI=1S/C9H11Cl2N3O/c1-15-9(3-12-4-9)2-6-7(10)13-5-14-8(6)11/h5,12H,2-4H2,1H3. The van der Waals surface area contributed by atoms with E-state index in [1.165, 1.54) is 6.33 Å². The average molecular weight is 248 g/mol. The summed E-state index contributed by atoms with van der Waals surface area (Å²) in [5.41, 5.74) is 0.544. The van der Waals surface area contributed by atoms with E-state index >= 15 is 0 Å². The Morgan fingerprint density at radius 3 is 2.40 bits per heavy atom. The zero-order valence-corrected chi connectivity index (χ0v) is 9.77. The molecule has 4 nitrogen and oxygen atoms in total. The van der Waals surface area contributed by atoms with E-state index in [9.17, 15) is 0 Å². The molecule has 6 heteroatoms. The largest absolute Gasteiger partial charge is 0.375 e. The Morgan fingerprint density at radius 1 is 1.40 bits per heavy atom. The third-order valence-corrected chi connectivity index (χ3v) is 3.32. The van der Waals surface area contributed by atoms with Crippen molar-refractivity contribution in [3.63, 3.8) is 0 Å². The minimum atomic E-state index is -0.210. The van der Waals surface area contributed by atoms with Crippen molar-refractivity contribution in [1.29, 1.82) is 0 Å². The monoisotopic (exact) mass is 247 g/mol. The number of nitrogens with one attached hydrogen (secondary N) is 1. The van der Waals surface area contributed by atoms with Crippen LogP contribution in [-0.4, -0.2) is 35.8 Å². The van der Waals surface area contributed by atoms with Gasteiger partial charge in [0.25, 0.3) is 0 Å². The second-order valence-corrected chi connectivity index (χ2v) is 4.32. The van der Waals surface area contributed by atoms with Crippen LogP contribution in [0, 0.1) is 0 Å². The summed E-state index contributed by atoms with van der Waals surface area (Å²) >= 11 is 11.9. The molecule has 0 atom stereocenters. The smallest absolute Gasteiger partial charge is 0.137 e. The molecule has 0 bridgehead atoms. The van der Waals surface area contributed by atoms with Gasteiger partial charge in [0.05, 0.1) is 5.60 Å². The van der Waals surface area contributed by atoms with Crippen LogP contribution >= 0.6 is 23.2 Å². The fraction of sp³-hybridized carbons (Fsp3) is 0.556. The normalized spacial score (nSPS) is 18.6. The lowest BCUT2D eigenvalue weighted by Crippen LogP contribution is -2.62. The number of methoxy groups -OCH3 is 1. The van der Waals surface area contributed by atoms with E-state index in [2.05, 4.69) is 15.3 Å². The van der Waals surface area contributed by atoms with E-state index in [0.29, 0.717) is 16.7 Å². The first kappa shape index (κ1) is 11.1. The molecule has 15 heavy (non-hydrogen) atoms. The molecule has 0 amide bonds. The van der Waals surface area contributed by atoms with Crippen molar-refractivity contribution in [3.8, 4) is 0 Å². The molecular formula is C9H11Cl2N3O. The maximum absolute atomic E-state index is 5.96. The van der Waals surface area contributed by atoms with E-state index < -0.39 is 0 Å². The lowest BCUT2D eigenvalue weighted by Gasteiger charge is -2.41. The molecule has 1 aromatic rings. The van der Waals surface area contributed by atoms with Crippen LogP contribution in [0.25, 0.3) is 0 Å². The zero-order chi connectivity index (χ0) is 10.9. The number of hydrogen-bond acceptors (Lipinski definition) is 4. The Kier molecular flexibility index (Phi) is 3.11. The lowest BCUT2D eigenvalue weighted by molar-refractivity contribution is -0.0503. The van der Waals surface area contributed by atoms with Gasteiger partial charge in [0.2, 0.25) is 0 Å². The van der Waals surface area contributed by atoms with Crippen molar-refractivity contribution in [3.05, 3.63) is 22.2 Å². The minimum absolute atomic E-state index is 0.210. The van der Waals surface area contributed by atoms with Gasteiger partial charge < -0.3 is 10.1 Å². The molecule has 1 N–H and O–H groups in total. The highest BCUT2D eigenvalue weighted by molar-refractivity contribution is 6.34. The SMILES string of the molecule is COC1(Cc2c(Cl)ncnc2Cl)CNC1. The molecule has 0 saturated carbocycles. The van der Waals surface area contributed by atoms with Crippen LogP contribution in [0.15, 0.2) is 6.33 Å². The lowest BCUT2D eigenvalue weighted by atomic mass is 9.90. The molecule has 1 aromatic heterocycles. The Bertz CT molecular complexity index is 343. The molecular weight excluding hydrogens is 237 g/mol. The highest BCUT2D eigenvalue weighted by atomic mass is 35.5. The van der Waals surface area contributed by atoms with Crippen molar-refractivity contribution in [2.45, 2.75) is 12.0 Å². The van der Waals surface area contributed by atoms with Gasteiger partial charge in [-0.05, 0) is 0 Å². The van der Waals surface area contributed by atoms with Gasteiger partial charge in [0.1, 0.15) is 16.6 Å². The third kappa shape index (κ3) is 2.08. The molecule has 2 rings (SSSR count). The zero-order valence-electron chi connectivity index (χ0n) is 8.26. The molecule has 1 aliphatic heterocycles. The summed E-state index contributed by atoms with van der Waals surface area (Å²) in [6, 6.07) is 0. The maximum Gasteiger partial charge on any atom is 0.137 e. The topological polar surface area (TPSA) is 47.0 Å². The van der Waals surface area contributed by atoms with Crippen molar-refractivity contribution in [2.24, 2.45) is 0 Å². The molecule has 1 fully saturated rings. The van der Waals surface area contributed by atoms with Crippen molar-refractivity contribution >= 4 is 23.2 Å². The van der Waals surface area contributed by atoms with Crippen LogP contribution in [0.5, 0.6) is 0 Å². The number of halogens is 2. The van der Waals surface area contributed by atoms with Crippen molar-refractivity contribution in [2.75, 3.05) is 20.2 Å². The van der Waals surface area contributed by atoms with Gasteiger partial charge in [-0.15, -0.1) is 0 Å². The molecule has 0 unspecified atom stereocenters. The van der Waals surface area contributed by atoms with Gasteiger partial charge in [0.15, 0.2) is 0 Å².